The third-order valence-electron chi connectivity index (χ3n) is 2.24. The average molecular weight is 228 g/mol. The summed E-state index contributed by atoms with van der Waals surface area (Å²) >= 11 is 9.81. The molecule has 0 aliphatic carbocycles. The lowest BCUT2D eigenvalue weighted by molar-refractivity contribution is -0.0198. The van der Waals surface area contributed by atoms with Crippen LogP contribution < -0.4 is 0 Å². The summed E-state index contributed by atoms with van der Waals surface area (Å²) in [5.41, 5.74) is -0.0111. The van der Waals surface area contributed by atoms with Gasteiger partial charge in [0.25, 0.3) is 0 Å². The Kier molecular flexibility index (Phi) is 4.54. The van der Waals surface area contributed by atoms with Crippen LogP contribution in [0.2, 0.25) is 0 Å². The topological polar surface area (TPSA) is 23.5 Å². The standard InChI is InChI=1S/C7H14ClNOS2/c8-3-7(6-10)4-9(5-7)1-2-12-11/h10-11H,1-6H2. The molecule has 72 valence electrons. The van der Waals surface area contributed by atoms with Gasteiger partial charge in [-0.2, -0.15) is 0 Å². The van der Waals surface area contributed by atoms with E-state index in [2.05, 4.69) is 16.6 Å². The molecule has 0 unspecified atom stereocenters. The zero-order chi connectivity index (χ0) is 9.03. The molecule has 0 saturated carbocycles. The van der Waals surface area contributed by atoms with Crippen LogP contribution in [0.5, 0.6) is 0 Å². The van der Waals surface area contributed by atoms with Gasteiger partial charge in [0.15, 0.2) is 0 Å². The third-order valence-corrected chi connectivity index (χ3v) is 3.72. The van der Waals surface area contributed by atoms with E-state index in [4.69, 9.17) is 16.7 Å². The van der Waals surface area contributed by atoms with Gasteiger partial charge < -0.3 is 10.0 Å². The second kappa shape index (κ2) is 4.96. The summed E-state index contributed by atoms with van der Waals surface area (Å²) in [6, 6.07) is 0. The number of rotatable bonds is 5. The Morgan fingerprint density at radius 2 is 2.25 bits per heavy atom. The maximum atomic E-state index is 9.05. The Balaban J connectivity index is 2.16. The first-order valence-electron chi connectivity index (χ1n) is 3.92. The van der Waals surface area contributed by atoms with Crippen LogP contribution in [0.3, 0.4) is 0 Å². The van der Waals surface area contributed by atoms with Crippen LogP contribution >= 0.6 is 34.1 Å². The maximum absolute atomic E-state index is 9.05. The molecule has 1 saturated heterocycles. The first-order valence-corrected chi connectivity index (χ1v) is 6.49. The molecule has 12 heavy (non-hydrogen) atoms. The number of likely N-dealkylation sites (tertiary alicyclic amines) is 1. The highest BCUT2D eigenvalue weighted by molar-refractivity contribution is 8.68. The Labute approximate surface area is 87.5 Å². The molecule has 0 amide bonds. The van der Waals surface area contributed by atoms with Crippen molar-refractivity contribution in [2.45, 2.75) is 0 Å². The molecule has 0 aromatic heterocycles. The predicted molar refractivity (Wildman–Crippen MR) is 58.1 cm³/mol. The molecular weight excluding hydrogens is 214 g/mol. The van der Waals surface area contributed by atoms with Crippen LogP contribution in [-0.2, 0) is 0 Å². The minimum absolute atomic E-state index is 0.0111. The summed E-state index contributed by atoms with van der Waals surface area (Å²) in [4.78, 5) is 2.29. The van der Waals surface area contributed by atoms with Crippen molar-refractivity contribution >= 4 is 34.1 Å². The Hall–Kier alpha value is 0.910. The minimum atomic E-state index is -0.0111. The van der Waals surface area contributed by atoms with Gasteiger partial charge in [0.05, 0.1) is 6.61 Å². The van der Waals surface area contributed by atoms with Crippen molar-refractivity contribution in [1.29, 1.82) is 0 Å². The van der Waals surface area contributed by atoms with Gasteiger partial charge in [-0.25, -0.2) is 0 Å². The van der Waals surface area contributed by atoms with Crippen molar-refractivity contribution in [2.24, 2.45) is 5.41 Å². The Morgan fingerprint density at radius 3 is 2.67 bits per heavy atom. The number of aliphatic hydroxyl groups excluding tert-OH is 1. The number of hydrogen-bond acceptors (Lipinski definition) is 4. The highest BCUT2D eigenvalue weighted by Gasteiger charge is 2.41. The summed E-state index contributed by atoms with van der Waals surface area (Å²) in [6.45, 7) is 3.12. The molecule has 0 aromatic carbocycles. The van der Waals surface area contributed by atoms with Crippen molar-refractivity contribution in [3.05, 3.63) is 0 Å². The van der Waals surface area contributed by atoms with E-state index in [1.165, 1.54) is 0 Å². The summed E-state index contributed by atoms with van der Waals surface area (Å²) in [5, 5.41) is 9.05. The van der Waals surface area contributed by atoms with E-state index in [1.54, 1.807) is 10.8 Å². The van der Waals surface area contributed by atoms with Crippen molar-refractivity contribution in [2.75, 3.05) is 37.9 Å². The van der Waals surface area contributed by atoms with Crippen LogP contribution in [0.4, 0.5) is 0 Å². The lowest BCUT2D eigenvalue weighted by atomic mass is 9.83. The van der Waals surface area contributed by atoms with E-state index < -0.39 is 0 Å². The fourth-order valence-corrected chi connectivity index (χ4v) is 2.30. The average Bonchev–Trinajstić information content (AvgIpc) is 2.04. The van der Waals surface area contributed by atoms with Crippen LogP contribution in [-0.4, -0.2) is 47.9 Å². The second-order valence-corrected chi connectivity index (χ2v) is 5.04. The number of nitrogens with zero attached hydrogens (tertiary/aromatic N) is 1. The molecule has 1 heterocycles. The fourth-order valence-electron chi connectivity index (χ4n) is 1.46. The van der Waals surface area contributed by atoms with E-state index in [-0.39, 0.29) is 12.0 Å². The highest BCUT2D eigenvalue weighted by Crippen LogP contribution is 2.31. The zero-order valence-corrected chi connectivity index (χ0v) is 9.34. The van der Waals surface area contributed by atoms with Crippen LogP contribution in [0.15, 0.2) is 0 Å². The molecule has 1 aliphatic heterocycles. The molecule has 1 N–H and O–H groups in total. The summed E-state index contributed by atoms with van der Waals surface area (Å²) in [7, 11) is 1.55. The summed E-state index contributed by atoms with van der Waals surface area (Å²) in [6.07, 6.45) is 0. The molecule has 5 heteroatoms. The van der Waals surface area contributed by atoms with E-state index >= 15 is 0 Å². The molecule has 0 radical (unpaired) electrons. The smallest absolute Gasteiger partial charge is 0.0523 e. The third kappa shape index (κ3) is 2.45. The number of aliphatic hydroxyl groups is 1. The van der Waals surface area contributed by atoms with E-state index in [9.17, 15) is 0 Å². The van der Waals surface area contributed by atoms with Gasteiger partial charge in [-0.3, -0.25) is 0 Å². The highest BCUT2D eigenvalue weighted by atomic mass is 35.5. The van der Waals surface area contributed by atoms with Gasteiger partial charge in [-0.15, -0.1) is 23.3 Å². The van der Waals surface area contributed by atoms with Crippen molar-refractivity contribution in [3.63, 3.8) is 0 Å². The van der Waals surface area contributed by atoms with Gasteiger partial charge in [0.2, 0.25) is 0 Å². The number of halogens is 1. The van der Waals surface area contributed by atoms with Gasteiger partial charge in [-0.05, 0) is 0 Å². The molecule has 0 aromatic rings. The second-order valence-electron chi connectivity index (χ2n) is 3.34. The molecule has 0 atom stereocenters. The lowest BCUT2D eigenvalue weighted by Crippen LogP contribution is -2.59. The molecular formula is C7H14ClNOS2. The molecule has 0 spiro atoms. The molecule has 0 bridgehead atoms. The van der Waals surface area contributed by atoms with Gasteiger partial charge in [0.1, 0.15) is 0 Å². The molecule has 1 aliphatic rings. The summed E-state index contributed by atoms with van der Waals surface area (Å²) in [5.74, 6) is 1.60. The van der Waals surface area contributed by atoms with Crippen LogP contribution in [0.1, 0.15) is 0 Å². The first kappa shape index (κ1) is 11.0. The number of thiol groups is 1. The van der Waals surface area contributed by atoms with Gasteiger partial charge >= 0.3 is 0 Å². The van der Waals surface area contributed by atoms with Crippen molar-refractivity contribution in [1.82, 2.24) is 4.90 Å². The summed E-state index contributed by atoms with van der Waals surface area (Å²) < 4.78 is 0. The largest absolute Gasteiger partial charge is 0.396 e. The molecule has 2 nitrogen and oxygen atoms in total. The fraction of sp³-hybridized carbons (Fsp3) is 1.00. The number of alkyl halides is 1. The van der Waals surface area contributed by atoms with Crippen LogP contribution in [0.25, 0.3) is 0 Å². The number of hydrogen-bond donors (Lipinski definition) is 2. The van der Waals surface area contributed by atoms with E-state index in [0.29, 0.717) is 5.88 Å². The zero-order valence-electron chi connectivity index (χ0n) is 6.87. The van der Waals surface area contributed by atoms with Gasteiger partial charge in [0, 0.05) is 36.7 Å². The lowest BCUT2D eigenvalue weighted by Gasteiger charge is -2.48. The predicted octanol–water partition coefficient (Wildman–Crippen LogP) is 1.10. The molecule has 1 fully saturated rings. The van der Waals surface area contributed by atoms with Gasteiger partial charge in [-0.1, -0.05) is 10.8 Å². The monoisotopic (exact) mass is 227 g/mol. The van der Waals surface area contributed by atoms with Crippen LogP contribution in [0, 0.1) is 5.41 Å². The van der Waals surface area contributed by atoms with Crippen molar-refractivity contribution in [3.8, 4) is 0 Å². The maximum Gasteiger partial charge on any atom is 0.0523 e. The van der Waals surface area contributed by atoms with Crippen molar-refractivity contribution < 1.29 is 5.11 Å². The quantitative estimate of drug-likeness (QED) is 0.418. The minimum Gasteiger partial charge on any atom is -0.396 e. The SMILES string of the molecule is OCC1(CCl)CN(CCSS)C1. The first-order chi connectivity index (χ1) is 5.76. The van der Waals surface area contributed by atoms with E-state index in [1.807, 2.05) is 0 Å². The Morgan fingerprint density at radius 1 is 1.58 bits per heavy atom. The normalized spacial score (nSPS) is 22.2. The van der Waals surface area contributed by atoms with E-state index in [0.717, 1.165) is 25.4 Å². The Bertz CT molecular complexity index is 135. The molecule has 1 rings (SSSR count).